The van der Waals surface area contributed by atoms with Crippen LogP contribution in [-0.4, -0.2) is 31.2 Å². The highest BCUT2D eigenvalue weighted by Crippen LogP contribution is 2.23. The zero-order valence-corrected chi connectivity index (χ0v) is 13.2. The molecule has 5 nitrogen and oxygen atoms in total. The maximum absolute atomic E-state index is 13.1. The fraction of sp³-hybridized carbons (Fsp3) is 0.294. The Morgan fingerprint density at radius 2 is 1.91 bits per heavy atom. The second kappa shape index (κ2) is 7.69. The lowest BCUT2D eigenvalue weighted by Crippen LogP contribution is -2.37. The number of methoxy groups -OCH3 is 2. The summed E-state index contributed by atoms with van der Waals surface area (Å²) in [5.41, 5.74) is 1.12. The topological polar surface area (TPSA) is 60.5 Å². The van der Waals surface area contributed by atoms with Crippen molar-refractivity contribution in [2.45, 2.75) is 19.1 Å². The Labute approximate surface area is 134 Å². The van der Waals surface area contributed by atoms with E-state index in [4.69, 9.17) is 9.47 Å². The van der Waals surface area contributed by atoms with Crippen molar-refractivity contribution in [1.29, 1.82) is 0 Å². The summed E-state index contributed by atoms with van der Waals surface area (Å²) in [6.07, 6.45) is 0.920. The van der Waals surface area contributed by atoms with Crippen LogP contribution in [0.15, 0.2) is 42.6 Å². The number of halogens is 1. The maximum atomic E-state index is 13.1. The standard InChI is InChI=1S/C17H19FN2O3/c1-11(20-17(21)13-8-9-19-15(18)10-13)16(23-3)12-4-6-14(22-2)7-5-12/h4-11,16H,1-3H3,(H,20,21). The van der Waals surface area contributed by atoms with E-state index >= 15 is 0 Å². The van der Waals surface area contributed by atoms with Gasteiger partial charge in [0.05, 0.1) is 13.2 Å². The molecule has 0 aliphatic carbocycles. The van der Waals surface area contributed by atoms with Gasteiger partial charge in [-0.3, -0.25) is 4.79 Å². The lowest BCUT2D eigenvalue weighted by Gasteiger charge is -2.24. The van der Waals surface area contributed by atoms with Crippen molar-refractivity contribution in [1.82, 2.24) is 10.3 Å². The molecule has 0 fully saturated rings. The number of rotatable bonds is 6. The van der Waals surface area contributed by atoms with Crippen molar-refractivity contribution in [2.24, 2.45) is 0 Å². The van der Waals surface area contributed by atoms with E-state index in [1.54, 1.807) is 14.2 Å². The molecular formula is C17H19FN2O3. The fourth-order valence-corrected chi connectivity index (χ4v) is 2.33. The normalized spacial score (nSPS) is 13.2. The van der Waals surface area contributed by atoms with E-state index in [9.17, 15) is 9.18 Å². The number of hydrogen-bond acceptors (Lipinski definition) is 4. The van der Waals surface area contributed by atoms with Crippen LogP contribution < -0.4 is 10.1 Å². The lowest BCUT2D eigenvalue weighted by molar-refractivity contribution is 0.0644. The van der Waals surface area contributed by atoms with E-state index in [1.165, 1.54) is 12.3 Å². The summed E-state index contributed by atoms with van der Waals surface area (Å²) in [7, 11) is 3.17. The highest BCUT2D eigenvalue weighted by Gasteiger charge is 2.21. The first-order chi connectivity index (χ1) is 11.0. The van der Waals surface area contributed by atoms with Crippen LogP contribution in [0.4, 0.5) is 4.39 Å². The van der Waals surface area contributed by atoms with Gasteiger partial charge in [0.15, 0.2) is 0 Å². The number of ether oxygens (including phenoxy) is 2. The number of benzene rings is 1. The second-order valence-electron chi connectivity index (χ2n) is 5.06. The van der Waals surface area contributed by atoms with Crippen molar-refractivity contribution in [3.8, 4) is 5.75 Å². The Hall–Kier alpha value is -2.47. The summed E-state index contributed by atoms with van der Waals surface area (Å²) in [5, 5.41) is 2.81. The van der Waals surface area contributed by atoms with Crippen LogP contribution >= 0.6 is 0 Å². The molecule has 122 valence electrons. The van der Waals surface area contributed by atoms with Gasteiger partial charge in [-0.1, -0.05) is 12.1 Å². The molecular weight excluding hydrogens is 299 g/mol. The summed E-state index contributed by atoms with van der Waals surface area (Å²) < 4.78 is 23.7. The minimum atomic E-state index is -0.691. The van der Waals surface area contributed by atoms with E-state index < -0.39 is 5.95 Å². The van der Waals surface area contributed by atoms with Crippen molar-refractivity contribution >= 4 is 5.91 Å². The SMILES string of the molecule is COc1ccc(C(OC)C(C)NC(=O)c2ccnc(F)c2)cc1. The Morgan fingerprint density at radius 1 is 1.22 bits per heavy atom. The lowest BCUT2D eigenvalue weighted by atomic mass is 10.0. The van der Waals surface area contributed by atoms with Gasteiger partial charge in [-0.15, -0.1) is 0 Å². The maximum Gasteiger partial charge on any atom is 0.251 e. The van der Waals surface area contributed by atoms with Gasteiger partial charge >= 0.3 is 0 Å². The van der Waals surface area contributed by atoms with E-state index in [-0.39, 0.29) is 23.6 Å². The largest absolute Gasteiger partial charge is 0.497 e. The van der Waals surface area contributed by atoms with Gasteiger partial charge in [0.2, 0.25) is 5.95 Å². The van der Waals surface area contributed by atoms with Gasteiger partial charge in [-0.05, 0) is 30.7 Å². The van der Waals surface area contributed by atoms with Crippen LogP contribution in [0.25, 0.3) is 0 Å². The molecule has 0 radical (unpaired) electrons. The number of carbonyl (C=O) groups is 1. The number of nitrogens with zero attached hydrogens (tertiary/aromatic N) is 1. The van der Waals surface area contributed by atoms with Gasteiger partial charge in [0.25, 0.3) is 5.91 Å². The molecule has 2 aromatic rings. The Bertz CT molecular complexity index is 661. The molecule has 1 amide bonds. The zero-order chi connectivity index (χ0) is 16.8. The van der Waals surface area contributed by atoms with E-state index in [2.05, 4.69) is 10.3 Å². The minimum absolute atomic E-state index is 0.217. The van der Waals surface area contributed by atoms with Gasteiger partial charge in [0, 0.05) is 24.9 Å². The number of aromatic nitrogens is 1. The summed E-state index contributed by atoms with van der Waals surface area (Å²) in [6, 6.07) is 9.65. The monoisotopic (exact) mass is 318 g/mol. The molecule has 2 rings (SSSR count). The van der Waals surface area contributed by atoms with Crippen LogP contribution in [0.1, 0.15) is 28.9 Å². The Balaban J connectivity index is 2.09. The van der Waals surface area contributed by atoms with Gasteiger partial charge < -0.3 is 14.8 Å². The smallest absolute Gasteiger partial charge is 0.251 e. The molecule has 0 saturated heterocycles. The number of amides is 1. The average Bonchev–Trinajstić information content (AvgIpc) is 2.56. The predicted molar refractivity (Wildman–Crippen MR) is 83.9 cm³/mol. The van der Waals surface area contributed by atoms with E-state index in [0.29, 0.717) is 0 Å². The van der Waals surface area contributed by atoms with Crippen molar-refractivity contribution < 1.29 is 18.7 Å². The first kappa shape index (κ1) is 16.9. The van der Waals surface area contributed by atoms with Gasteiger partial charge in [-0.25, -0.2) is 4.98 Å². The van der Waals surface area contributed by atoms with E-state index in [0.717, 1.165) is 17.4 Å². The second-order valence-corrected chi connectivity index (χ2v) is 5.06. The molecule has 0 spiro atoms. The summed E-state index contributed by atoms with van der Waals surface area (Å²) in [4.78, 5) is 15.6. The Kier molecular flexibility index (Phi) is 5.65. The fourth-order valence-electron chi connectivity index (χ4n) is 2.33. The molecule has 0 bridgehead atoms. The molecule has 1 aromatic heterocycles. The molecule has 1 heterocycles. The van der Waals surface area contributed by atoms with Gasteiger partial charge in [-0.2, -0.15) is 4.39 Å². The number of nitrogens with one attached hydrogen (secondary N) is 1. The van der Waals surface area contributed by atoms with Crippen molar-refractivity contribution in [2.75, 3.05) is 14.2 Å². The third-order valence-corrected chi connectivity index (χ3v) is 3.50. The molecule has 2 unspecified atom stereocenters. The third kappa shape index (κ3) is 4.26. The highest BCUT2D eigenvalue weighted by atomic mass is 19.1. The molecule has 0 aliphatic heterocycles. The average molecular weight is 318 g/mol. The molecule has 6 heteroatoms. The van der Waals surface area contributed by atoms with Gasteiger partial charge in [0.1, 0.15) is 11.9 Å². The summed E-state index contributed by atoms with van der Waals surface area (Å²) in [5.74, 6) is -0.328. The predicted octanol–water partition coefficient (Wildman–Crippen LogP) is 2.74. The molecule has 0 saturated carbocycles. The molecule has 0 aliphatic rings. The zero-order valence-electron chi connectivity index (χ0n) is 13.2. The highest BCUT2D eigenvalue weighted by molar-refractivity contribution is 5.94. The minimum Gasteiger partial charge on any atom is -0.497 e. The molecule has 1 aromatic carbocycles. The van der Waals surface area contributed by atoms with Crippen LogP contribution in [0.3, 0.4) is 0 Å². The van der Waals surface area contributed by atoms with E-state index in [1.807, 2.05) is 31.2 Å². The summed E-state index contributed by atoms with van der Waals surface area (Å²) in [6.45, 7) is 1.83. The quantitative estimate of drug-likeness (QED) is 0.832. The van der Waals surface area contributed by atoms with Crippen LogP contribution in [0, 0.1) is 5.95 Å². The van der Waals surface area contributed by atoms with Crippen molar-refractivity contribution in [3.05, 3.63) is 59.7 Å². The number of hydrogen-bond donors (Lipinski definition) is 1. The van der Waals surface area contributed by atoms with Crippen molar-refractivity contribution in [3.63, 3.8) is 0 Å². The molecule has 23 heavy (non-hydrogen) atoms. The molecule has 1 N–H and O–H groups in total. The Morgan fingerprint density at radius 3 is 2.48 bits per heavy atom. The molecule has 2 atom stereocenters. The first-order valence-corrected chi connectivity index (χ1v) is 7.14. The first-order valence-electron chi connectivity index (χ1n) is 7.14. The number of carbonyl (C=O) groups excluding carboxylic acids is 1. The number of pyridine rings is 1. The van der Waals surface area contributed by atoms with Crippen LogP contribution in [-0.2, 0) is 4.74 Å². The van der Waals surface area contributed by atoms with Crippen LogP contribution in [0.2, 0.25) is 0 Å². The summed E-state index contributed by atoms with van der Waals surface area (Å²) >= 11 is 0. The van der Waals surface area contributed by atoms with Crippen LogP contribution in [0.5, 0.6) is 5.75 Å². The third-order valence-electron chi connectivity index (χ3n) is 3.50.